The molecule has 4 rings (SSSR count). The van der Waals surface area contributed by atoms with Crippen molar-refractivity contribution in [2.75, 3.05) is 0 Å². The monoisotopic (exact) mass is 394 g/mol. The van der Waals surface area contributed by atoms with Crippen molar-refractivity contribution >= 4 is 10.8 Å². The Balaban J connectivity index is 0.000000333. The second-order valence-corrected chi connectivity index (χ2v) is 4.98. The molecule has 0 aliphatic heterocycles. The van der Waals surface area contributed by atoms with E-state index in [-0.39, 0.29) is 51.0 Å². The predicted molar refractivity (Wildman–Crippen MR) is 78.3 cm³/mol. The van der Waals surface area contributed by atoms with Crippen LogP contribution in [0.15, 0.2) is 66.8 Å². The Morgan fingerprint density at radius 1 is 0.952 bits per heavy atom. The first-order valence-corrected chi connectivity index (χ1v) is 6.72. The Morgan fingerprint density at radius 3 is 2.48 bits per heavy atom. The van der Waals surface area contributed by atoms with Crippen molar-refractivity contribution in [2.24, 2.45) is 11.8 Å². The van der Waals surface area contributed by atoms with Crippen molar-refractivity contribution in [3.63, 3.8) is 0 Å². The van der Waals surface area contributed by atoms with Crippen molar-refractivity contribution in [3.8, 4) is 0 Å². The molecule has 0 amide bonds. The number of hydrogen-bond acceptors (Lipinski definition) is 0. The van der Waals surface area contributed by atoms with Gasteiger partial charge in [-0.3, -0.25) is 0 Å². The Bertz CT molecular complexity index is 523. The second kappa shape index (κ2) is 10.5. The molecular formula is C18H18Cl2Zr. The third kappa shape index (κ3) is 5.48. The molecule has 0 heterocycles. The van der Waals surface area contributed by atoms with Gasteiger partial charge < -0.3 is 31.2 Å². The summed E-state index contributed by atoms with van der Waals surface area (Å²) in [4.78, 5) is 0. The van der Waals surface area contributed by atoms with Gasteiger partial charge in [-0.05, 0) is 5.92 Å². The number of rotatable bonds is 0. The minimum absolute atomic E-state index is 0. The van der Waals surface area contributed by atoms with Crippen LogP contribution >= 0.6 is 0 Å². The molecule has 1 fully saturated rings. The average Bonchev–Trinajstić information content (AvgIpc) is 3.08. The molecule has 3 heteroatoms. The van der Waals surface area contributed by atoms with Gasteiger partial charge in [0.2, 0.25) is 0 Å². The Morgan fingerprint density at radius 2 is 1.71 bits per heavy atom. The van der Waals surface area contributed by atoms with E-state index in [1.54, 1.807) is 0 Å². The SMILES string of the molecule is C1=CC2[CH-]CCC2C=C1.[Cl-].[Cl-].[Zr+4].c1ccc2[cH-]ccc2c1. The van der Waals surface area contributed by atoms with E-state index >= 15 is 0 Å². The van der Waals surface area contributed by atoms with Crippen LogP contribution in [0.5, 0.6) is 0 Å². The van der Waals surface area contributed by atoms with Gasteiger partial charge in [-0.15, -0.1) is 41.6 Å². The van der Waals surface area contributed by atoms with E-state index in [4.69, 9.17) is 0 Å². The fourth-order valence-corrected chi connectivity index (χ4v) is 2.76. The van der Waals surface area contributed by atoms with Crippen LogP contribution in [0.2, 0.25) is 0 Å². The van der Waals surface area contributed by atoms with Crippen molar-refractivity contribution in [3.05, 3.63) is 73.2 Å². The molecule has 2 unspecified atom stereocenters. The van der Waals surface area contributed by atoms with Crippen LogP contribution in [0, 0.1) is 18.3 Å². The average molecular weight is 396 g/mol. The predicted octanol–water partition coefficient (Wildman–Crippen LogP) is -1.09. The van der Waals surface area contributed by atoms with E-state index in [2.05, 4.69) is 73.2 Å². The molecule has 0 radical (unpaired) electrons. The fraction of sp³-hybridized carbons (Fsp3) is 0.222. The van der Waals surface area contributed by atoms with Crippen LogP contribution < -0.4 is 24.8 Å². The summed E-state index contributed by atoms with van der Waals surface area (Å²) in [6.45, 7) is 0. The Kier molecular flexibility index (Phi) is 10.4. The van der Waals surface area contributed by atoms with Gasteiger partial charge in [-0.25, -0.2) is 0 Å². The molecule has 2 aliphatic rings. The maximum atomic E-state index is 2.42. The van der Waals surface area contributed by atoms with Gasteiger partial charge in [0.15, 0.2) is 0 Å². The van der Waals surface area contributed by atoms with Crippen molar-refractivity contribution in [2.45, 2.75) is 12.8 Å². The molecule has 108 valence electrons. The van der Waals surface area contributed by atoms with E-state index in [1.807, 2.05) is 0 Å². The Hall–Kier alpha value is -0.227. The zero-order valence-corrected chi connectivity index (χ0v) is 15.7. The number of benzene rings is 1. The second-order valence-electron chi connectivity index (χ2n) is 4.98. The van der Waals surface area contributed by atoms with Crippen molar-refractivity contribution < 1.29 is 51.0 Å². The summed E-state index contributed by atoms with van der Waals surface area (Å²) in [5.41, 5.74) is 0. The maximum absolute atomic E-state index is 2.42. The number of hydrogen-bond donors (Lipinski definition) is 0. The molecule has 2 atom stereocenters. The maximum Gasteiger partial charge on any atom is 4.00 e. The smallest absolute Gasteiger partial charge is 1.00 e. The van der Waals surface area contributed by atoms with Gasteiger partial charge in [-0.1, -0.05) is 30.7 Å². The third-order valence-electron chi connectivity index (χ3n) is 3.78. The number of fused-ring (bicyclic) bond motifs is 2. The minimum atomic E-state index is 0. The van der Waals surface area contributed by atoms with Gasteiger partial charge in [-0.2, -0.15) is 23.9 Å². The van der Waals surface area contributed by atoms with E-state index in [1.165, 1.54) is 23.6 Å². The van der Waals surface area contributed by atoms with Crippen LogP contribution in [0.4, 0.5) is 0 Å². The molecule has 0 bridgehead atoms. The molecule has 2 aromatic rings. The standard InChI is InChI=1S/C9H11.C9H7.2ClH.Zr/c2*1-2-5-9-7-3-6-8(9)4-1;;;/h1-2,4-6,8-9H,3,7H2;1-7H;2*1H;/q2*-1;;;+4/p-2. The van der Waals surface area contributed by atoms with Crippen LogP contribution in [0.1, 0.15) is 12.8 Å². The van der Waals surface area contributed by atoms with E-state index in [0.29, 0.717) is 0 Å². The molecule has 2 aromatic carbocycles. The Labute approximate surface area is 159 Å². The first-order chi connectivity index (χ1) is 8.93. The largest absolute Gasteiger partial charge is 4.00 e. The van der Waals surface area contributed by atoms with Crippen LogP contribution in [-0.2, 0) is 26.2 Å². The number of allylic oxidation sites excluding steroid dienone is 4. The van der Waals surface area contributed by atoms with Crippen LogP contribution in [0.3, 0.4) is 0 Å². The van der Waals surface area contributed by atoms with Gasteiger partial charge in [0.1, 0.15) is 0 Å². The zero-order valence-electron chi connectivity index (χ0n) is 11.8. The normalized spacial score (nSPS) is 21.1. The van der Waals surface area contributed by atoms with Gasteiger partial charge in [0.25, 0.3) is 0 Å². The van der Waals surface area contributed by atoms with E-state index < -0.39 is 0 Å². The first-order valence-electron chi connectivity index (χ1n) is 6.72. The minimum Gasteiger partial charge on any atom is -1.00 e. The molecular weight excluding hydrogens is 378 g/mol. The summed E-state index contributed by atoms with van der Waals surface area (Å²) in [6, 6.07) is 14.7. The molecule has 21 heavy (non-hydrogen) atoms. The molecule has 0 aromatic heterocycles. The summed E-state index contributed by atoms with van der Waals surface area (Å²) in [5.74, 6) is 1.62. The van der Waals surface area contributed by atoms with Gasteiger partial charge in [0, 0.05) is 0 Å². The van der Waals surface area contributed by atoms with Gasteiger partial charge >= 0.3 is 26.2 Å². The van der Waals surface area contributed by atoms with Crippen LogP contribution in [0.25, 0.3) is 10.8 Å². The summed E-state index contributed by atoms with van der Waals surface area (Å²) in [6.07, 6.45) is 14.1. The summed E-state index contributed by atoms with van der Waals surface area (Å²) in [5, 5.41) is 2.66. The summed E-state index contributed by atoms with van der Waals surface area (Å²) < 4.78 is 0. The third-order valence-corrected chi connectivity index (χ3v) is 3.78. The quantitative estimate of drug-likeness (QED) is 0.497. The van der Waals surface area contributed by atoms with Gasteiger partial charge in [0.05, 0.1) is 0 Å². The summed E-state index contributed by atoms with van der Waals surface area (Å²) in [7, 11) is 0. The molecule has 0 N–H and O–H groups in total. The zero-order chi connectivity index (χ0) is 12.2. The molecule has 0 nitrogen and oxygen atoms in total. The fourth-order valence-electron chi connectivity index (χ4n) is 2.76. The molecule has 1 saturated carbocycles. The van der Waals surface area contributed by atoms with Crippen LogP contribution in [-0.4, -0.2) is 0 Å². The first kappa shape index (κ1) is 20.8. The van der Waals surface area contributed by atoms with E-state index in [9.17, 15) is 0 Å². The van der Waals surface area contributed by atoms with Crippen molar-refractivity contribution in [1.82, 2.24) is 0 Å². The molecule has 0 saturated heterocycles. The van der Waals surface area contributed by atoms with E-state index in [0.717, 1.165) is 11.8 Å². The number of halogens is 2. The molecule has 2 aliphatic carbocycles. The summed E-state index contributed by atoms with van der Waals surface area (Å²) >= 11 is 0. The molecule has 0 spiro atoms. The topological polar surface area (TPSA) is 0 Å². The van der Waals surface area contributed by atoms with Crippen molar-refractivity contribution in [1.29, 1.82) is 0 Å².